The Morgan fingerprint density at radius 2 is 1.55 bits per heavy atom. The Morgan fingerprint density at radius 1 is 0.797 bits per heavy atom. The SMILES string of the molecule is CC(C)n1cnc2cc(-c3ccc4c(c3)N(C3CC(N5CCCCC5)C3)C(=O)C43CCN(C(=O)[C@H]4CCN(C(=O)C5CCN(c6ccc([C@H]7CCC(=O)NC7=O)cn6)CC5)C4)CC3)nc(Nc3ccccc3F)c21. The molecule has 74 heavy (non-hydrogen) atoms. The molecule has 1 spiro atoms. The van der Waals surface area contributed by atoms with E-state index in [0.29, 0.717) is 107 Å². The van der Waals surface area contributed by atoms with Crippen LogP contribution < -0.4 is 20.4 Å². The van der Waals surface area contributed by atoms with Gasteiger partial charge in [0.1, 0.15) is 17.2 Å². The summed E-state index contributed by atoms with van der Waals surface area (Å²) in [5.74, 6) is -0.0659. The molecule has 16 nitrogen and oxygen atoms in total. The monoisotopic (exact) mass is 1000 g/mol. The van der Waals surface area contributed by atoms with Gasteiger partial charge in [-0.05, 0) is 133 Å². The van der Waals surface area contributed by atoms with Crippen molar-refractivity contribution in [2.45, 2.75) is 120 Å². The van der Waals surface area contributed by atoms with Gasteiger partial charge in [0.2, 0.25) is 29.5 Å². The van der Waals surface area contributed by atoms with Crippen molar-refractivity contribution >= 4 is 63.6 Å². The van der Waals surface area contributed by atoms with Crippen molar-refractivity contribution in [1.29, 1.82) is 0 Å². The predicted molar refractivity (Wildman–Crippen MR) is 279 cm³/mol. The van der Waals surface area contributed by atoms with Gasteiger partial charge in [0.25, 0.3) is 0 Å². The predicted octanol–water partition coefficient (Wildman–Crippen LogP) is 7.47. The highest BCUT2D eigenvalue weighted by Gasteiger charge is 2.56. The highest BCUT2D eigenvalue weighted by molar-refractivity contribution is 6.09. The third-order valence-corrected chi connectivity index (χ3v) is 17.7. The molecule has 5 aromatic rings. The van der Waals surface area contributed by atoms with E-state index in [1.54, 1.807) is 30.7 Å². The molecule has 1 aliphatic carbocycles. The minimum Gasteiger partial charge on any atom is -0.357 e. The molecule has 5 amide bonds. The van der Waals surface area contributed by atoms with Gasteiger partial charge < -0.3 is 34.4 Å². The second-order valence-electron chi connectivity index (χ2n) is 22.2. The van der Waals surface area contributed by atoms with E-state index in [0.717, 1.165) is 65.2 Å². The number of hydrogen-bond acceptors (Lipinski definition) is 11. The number of carbonyl (C=O) groups excluding carboxylic acids is 5. The Bertz CT molecular complexity index is 3000. The number of nitrogens with zero attached hydrogens (tertiary/aromatic N) is 9. The minimum atomic E-state index is -0.760. The molecule has 5 saturated heterocycles. The second kappa shape index (κ2) is 19.5. The maximum atomic E-state index is 15.3. The minimum absolute atomic E-state index is 0.0687. The van der Waals surface area contributed by atoms with Gasteiger partial charge in [-0.3, -0.25) is 29.3 Å². The van der Waals surface area contributed by atoms with Crippen LogP contribution in [0.15, 0.2) is 73.2 Å². The molecule has 2 atom stereocenters. The molecule has 12 rings (SSSR count). The Balaban J connectivity index is 0.729. The Kier molecular flexibility index (Phi) is 12.7. The van der Waals surface area contributed by atoms with Crippen LogP contribution in [-0.4, -0.2) is 128 Å². The zero-order valence-corrected chi connectivity index (χ0v) is 42.5. The number of hydrogen-bond donors (Lipinski definition) is 2. The molecule has 1 saturated carbocycles. The van der Waals surface area contributed by atoms with Crippen molar-refractivity contribution in [3.63, 3.8) is 0 Å². The zero-order chi connectivity index (χ0) is 50.8. The number of imide groups is 1. The lowest BCUT2D eigenvalue weighted by Crippen LogP contribution is -2.58. The molecule has 7 aliphatic rings. The van der Waals surface area contributed by atoms with Crippen LogP contribution in [0.25, 0.3) is 22.3 Å². The molecule has 2 aromatic carbocycles. The molecule has 6 fully saturated rings. The van der Waals surface area contributed by atoms with Crippen LogP contribution >= 0.6 is 0 Å². The van der Waals surface area contributed by atoms with Gasteiger partial charge >= 0.3 is 0 Å². The lowest BCUT2D eigenvalue weighted by atomic mass is 9.73. The number of halogens is 1. The van der Waals surface area contributed by atoms with E-state index in [1.165, 1.54) is 25.3 Å². The quantitative estimate of drug-likeness (QED) is 0.133. The number of para-hydroxylation sites is 1. The first-order valence-electron chi connectivity index (χ1n) is 27.2. The molecular formula is C57H66FN11O5. The highest BCUT2D eigenvalue weighted by atomic mass is 19.1. The van der Waals surface area contributed by atoms with Crippen molar-refractivity contribution in [3.05, 3.63) is 90.1 Å². The fraction of sp³-hybridized carbons (Fsp3) is 0.509. The summed E-state index contributed by atoms with van der Waals surface area (Å²) in [6, 6.07) is 19.3. The topological polar surface area (TPSA) is 169 Å². The number of fused-ring (bicyclic) bond motifs is 3. The standard InChI is InChI=1S/C57H66FN11O5/c1-35(2)68-34-60-47-31-46(62-52(51(47)68)61-45-9-5-4-8-44(45)58)37-10-13-43-48(28-37)69(41-29-40(30-41)64-21-6-3-7-22-64)56(74)57(43)19-26-66(27-20-57)55(73)39-18-25-67(33-39)54(72)36-16-23-65(24-17-36)49-14-11-38(32-59-49)42-12-15-50(70)63-53(42)71/h4-5,8-11,13-14,28,31-32,34-36,39-42H,3,6-7,12,15-27,29-30,33H2,1-2H3,(H,61,62)(H,63,70,71)/t39-,40?,41?,42+/m0/s1. The fourth-order valence-corrected chi connectivity index (χ4v) is 13.3. The summed E-state index contributed by atoms with van der Waals surface area (Å²) in [6.07, 6.45) is 12.9. The van der Waals surface area contributed by atoms with Crippen LogP contribution in [0.2, 0.25) is 0 Å². The maximum Gasteiger partial charge on any atom is 0.238 e. The average molecular weight is 1000 g/mol. The van der Waals surface area contributed by atoms with Crippen molar-refractivity contribution in [2.24, 2.45) is 11.8 Å². The summed E-state index contributed by atoms with van der Waals surface area (Å²) >= 11 is 0. The summed E-state index contributed by atoms with van der Waals surface area (Å²) in [7, 11) is 0. The van der Waals surface area contributed by atoms with Gasteiger partial charge in [-0.25, -0.2) is 19.3 Å². The first-order chi connectivity index (χ1) is 35.9. The van der Waals surface area contributed by atoms with Crippen LogP contribution in [0.4, 0.5) is 27.4 Å². The van der Waals surface area contributed by atoms with E-state index in [2.05, 4.69) is 62.4 Å². The van der Waals surface area contributed by atoms with E-state index in [9.17, 15) is 19.2 Å². The van der Waals surface area contributed by atoms with Gasteiger partial charge in [-0.15, -0.1) is 0 Å². The van der Waals surface area contributed by atoms with Crippen LogP contribution in [-0.2, 0) is 29.4 Å². The molecule has 2 N–H and O–H groups in total. The second-order valence-corrected chi connectivity index (χ2v) is 22.2. The number of likely N-dealkylation sites (tertiary alicyclic amines) is 3. The summed E-state index contributed by atoms with van der Waals surface area (Å²) in [4.78, 5) is 92.9. The number of nitrogens with one attached hydrogen (secondary N) is 2. The van der Waals surface area contributed by atoms with Crippen molar-refractivity contribution in [3.8, 4) is 11.3 Å². The number of imidazole rings is 1. The molecule has 0 bridgehead atoms. The summed E-state index contributed by atoms with van der Waals surface area (Å²) in [5, 5.41) is 5.70. The molecule has 9 heterocycles. The number of piperidine rings is 4. The molecular weight excluding hydrogens is 938 g/mol. The average Bonchev–Trinajstić information content (AvgIpc) is 4.14. The third kappa shape index (κ3) is 8.67. The molecule has 6 aliphatic heterocycles. The number of amides is 5. The third-order valence-electron chi connectivity index (χ3n) is 17.7. The molecule has 3 aromatic heterocycles. The Morgan fingerprint density at radius 3 is 2.28 bits per heavy atom. The van der Waals surface area contributed by atoms with E-state index >= 15 is 9.18 Å². The first kappa shape index (κ1) is 48.2. The van der Waals surface area contributed by atoms with Crippen LogP contribution in [0.3, 0.4) is 0 Å². The molecule has 386 valence electrons. The largest absolute Gasteiger partial charge is 0.357 e. The number of benzene rings is 2. The van der Waals surface area contributed by atoms with Gasteiger partial charge in [0, 0.05) is 87.2 Å². The zero-order valence-electron chi connectivity index (χ0n) is 42.5. The summed E-state index contributed by atoms with van der Waals surface area (Å²) in [6.45, 7) is 9.64. The molecule has 0 unspecified atom stereocenters. The number of aromatic nitrogens is 4. The number of rotatable bonds is 10. The van der Waals surface area contributed by atoms with Crippen LogP contribution in [0, 0.1) is 17.7 Å². The number of anilines is 4. The van der Waals surface area contributed by atoms with Gasteiger partial charge in [0.05, 0.1) is 40.5 Å². The number of pyridine rings is 2. The van der Waals surface area contributed by atoms with Gasteiger partial charge in [-0.2, -0.15) is 0 Å². The van der Waals surface area contributed by atoms with E-state index in [-0.39, 0.29) is 65.2 Å². The number of carbonyl (C=O) groups is 5. The van der Waals surface area contributed by atoms with E-state index in [1.807, 2.05) is 32.6 Å². The van der Waals surface area contributed by atoms with E-state index in [4.69, 9.17) is 9.97 Å². The van der Waals surface area contributed by atoms with Crippen LogP contribution in [0.5, 0.6) is 0 Å². The van der Waals surface area contributed by atoms with Gasteiger partial charge in [0.15, 0.2) is 5.82 Å². The first-order valence-corrected chi connectivity index (χ1v) is 27.2. The maximum absolute atomic E-state index is 15.3. The van der Waals surface area contributed by atoms with Gasteiger partial charge in [-0.1, -0.05) is 36.8 Å². The lowest BCUT2D eigenvalue weighted by molar-refractivity contribution is -0.140. The Hall–Kier alpha value is -6.75. The fourth-order valence-electron chi connectivity index (χ4n) is 13.3. The summed E-state index contributed by atoms with van der Waals surface area (Å²) < 4.78 is 17.1. The lowest BCUT2D eigenvalue weighted by Gasteiger charge is -2.48. The molecule has 17 heteroatoms. The summed E-state index contributed by atoms with van der Waals surface area (Å²) in [5.41, 5.74) is 5.31. The van der Waals surface area contributed by atoms with E-state index < -0.39 is 5.41 Å². The van der Waals surface area contributed by atoms with Crippen molar-refractivity contribution < 1.29 is 28.4 Å². The van der Waals surface area contributed by atoms with Crippen LogP contribution in [0.1, 0.15) is 114 Å². The van der Waals surface area contributed by atoms with Crippen molar-refractivity contribution in [2.75, 3.05) is 67.5 Å². The smallest absolute Gasteiger partial charge is 0.238 e. The highest BCUT2D eigenvalue weighted by Crippen LogP contribution is 2.52. The normalized spacial score (nSPS) is 24.5. The molecule has 0 radical (unpaired) electrons. The Labute approximate surface area is 431 Å². The van der Waals surface area contributed by atoms with Crippen molar-refractivity contribution in [1.82, 2.24) is 39.5 Å².